The summed E-state index contributed by atoms with van der Waals surface area (Å²) in [6.07, 6.45) is 8.44. The largest absolute Gasteiger partial charge is 0.508 e. The Bertz CT molecular complexity index is 1470. The molecule has 0 spiro atoms. The van der Waals surface area contributed by atoms with Crippen molar-refractivity contribution >= 4 is 16.5 Å². The quantitative estimate of drug-likeness (QED) is 0.350. The summed E-state index contributed by atoms with van der Waals surface area (Å²) in [5.74, 6) is 0.455. The van der Waals surface area contributed by atoms with Gasteiger partial charge in [0.1, 0.15) is 17.0 Å². The van der Waals surface area contributed by atoms with E-state index < -0.39 is 0 Å². The Morgan fingerprint density at radius 1 is 1.16 bits per heavy atom. The summed E-state index contributed by atoms with van der Waals surface area (Å²) in [5, 5.41) is 17.9. The number of aryl methyl sites for hydroxylation is 1. The van der Waals surface area contributed by atoms with Crippen LogP contribution in [-0.2, 0) is 6.42 Å². The monoisotopic (exact) mass is 500 g/mol. The highest BCUT2D eigenvalue weighted by Gasteiger charge is 2.27. The number of hydrogen-bond donors (Lipinski definition) is 3. The highest BCUT2D eigenvalue weighted by molar-refractivity contribution is 5.95. The molecule has 1 unspecified atom stereocenters. The van der Waals surface area contributed by atoms with Crippen LogP contribution in [0.1, 0.15) is 37.4 Å². The molecule has 0 radical (unpaired) electrons. The van der Waals surface area contributed by atoms with Crippen molar-refractivity contribution in [3.63, 3.8) is 0 Å². The number of piperidine rings is 1. The molecular weight excluding hydrogens is 467 g/mol. The van der Waals surface area contributed by atoms with Gasteiger partial charge in [-0.25, -0.2) is 9.37 Å². The lowest BCUT2D eigenvalue weighted by atomic mass is 9.96. The molecule has 7 nitrogen and oxygen atoms in total. The van der Waals surface area contributed by atoms with Crippen LogP contribution >= 0.6 is 0 Å². The second kappa shape index (κ2) is 9.76. The topological polar surface area (TPSA) is 84.1 Å². The zero-order valence-corrected chi connectivity index (χ0v) is 21.4. The Hall–Kier alpha value is -3.49. The van der Waals surface area contributed by atoms with E-state index in [0.29, 0.717) is 40.4 Å². The van der Waals surface area contributed by atoms with Crippen molar-refractivity contribution in [3.8, 4) is 28.4 Å². The number of fused-ring (bicyclic) bond motifs is 1. The van der Waals surface area contributed by atoms with Crippen molar-refractivity contribution in [2.75, 3.05) is 33.2 Å². The minimum Gasteiger partial charge on any atom is -0.508 e. The summed E-state index contributed by atoms with van der Waals surface area (Å²) in [4.78, 5) is 13.2. The number of phenols is 1. The Labute approximate surface area is 216 Å². The minimum atomic E-state index is -0.355. The highest BCUT2D eigenvalue weighted by Crippen LogP contribution is 2.35. The van der Waals surface area contributed by atoms with Gasteiger partial charge >= 0.3 is 0 Å². The third-order valence-electron chi connectivity index (χ3n) is 7.86. The molecule has 4 aromatic rings. The van der Waals surface area contributed by atoms with E-state index in [9.17, 15) is 5.11 Å². The first kappa shape index (κ1) is 23.9. The summed E-state index contributed by atoms with van der Waals surface area (Å²) < 4.78 is 15.7. The maximum Gasteiger partial charge on any atom is 0.159 e. The molecule has 37 heavy (non-hydrogen) atoms. The van der Waals surface area contributed by atoms with E-state index in [0.717, 1.165) is 42.9 Å². The smallest absolute Gasteiger partial charge is 0.159 e. The van der Waals surface area contributed by atoms with E-state index in [2.05, 4.69) is 38.1 Å². The zero-order chi connectivity index (χ0) is 25.5. The molecule has 192 valence electrons. The maximum absolute atomic E-state index is 15.7. The van der Waals surface area contributed by atoms with E-state index in [1.165, 1.54) is 25.0 Å². The molecule has 3 N–H and O–H groups in total. The van der Waals surface area contributed by atoms with Crippen LogP contribution in [0.2, 0.25) is 0 Å². The maximum atomic E-state index is 15.7. The molecule has 2 aliphatic rings. The van der Waals surface area contributed by atoms with Crippen molar-refractivity contribution < 1.29 is 9.50 Å². The second-order valence-corrected chi connectivity index (χ2v) is 10.3. The number of halogens is 1. The number of nitrogens with one attached hydrogen (secondary N) is 2. The number of likely N-dealkylation sites (N-methyl/N-ethyl adjacent to an activating group) is 1. The SMILES string of the molecule is CCc1cc(O)ccc1-c1ccc2c(-c3nc(C4=CCCN(C5CCCN(C)C5)C4)c[nH]3)n[nH]c2c1F. The molecule has 0 amide bonds. The van der Waals surface area contributed by atoms with Gasteiger partial charge in [0.2, 0.25) is 0 Å². The van der Waals surface area contributed by atoms with Gasteiger partial charge in [-0.1, -0.05) is 25.1 Å². The molecule has 1 fully saturated rings. The fourth-order valence-corrected chi connectivity index (χ4v) is 5.89. The zero-order valence-electron chi connectivity index (χ0n) is 21.4. The molecule has 2 aromatic heterocycles. The first-order valence-electron chi connectivity index (χ1n) is 13.2. The van der Waals surface area contributed by atoms with Crippen LogP contribution in [0.5, 0.6) is 5.75 Å². The lowest BCUT2D eigenvalue weighted by Gasteiger charge is -2.39. The average molecular weight is 501 g/mol. The summed E-state index contributed by atoms with van der Waals surface area (Å²) in [5.41, 5.74) is 5.27. The number of aromatic amines is 2. The van der Waals surface area contributed by atoms with Gasteiger partial charge in [0.05, 0.1) is 5.69 Å². The summed E-state index contributed by atoms with van der Waals surface area (Å²) in [6, 6.07) is 9.32. The van der Waals surface area contributed by atoms with E-state index in [4.69, 9.17) is 4.98 Å². The van der Waals surface area contributed by atoms with Crippen molar-refractivity contribution in [2.45, 2.75) is 38.6 Å². The van der Waals surface area contributed by atoms with Crippen LogP contribution in [0.25, 0.3) is 39.1 Å². The molecule has 4 heterocycles. The second-order valence-electron chi connectivity index (χ2n) is 10.3. The molecule has 2 aliphatic heterocycles. The molecule has 1 atom stereocenters. The number of aromatic nitrogens is 4. The predicted octanol–water partition coefficient (Wildman–Crippen LogP) is 5.21. The molecule has 0 saturated carbocycles. The average Bonchev–Trinajstić information content (AvgIpc) is 3.57. The van der Waals surface area contributed by atoms with Crippen LogP contribution < -0.4 is 0 Å². The van der Waals surface area contributed by atoms with Gasteiger partial charge in [-0.05, 0) is 74.2 Å². The third kappa shape index (κ3) is 4.45. The van der Waals surface area contributed by atoms with E-state index in [-0.39, 0.29) is 11.6 Å². The predicted molar refractivity (Wildman–Crippen MR) is 145 cm³/mol. The molecule has 2 aromatic carbocycles. The summed E-state index contributed by atoms with van der Waals surface area (Å²) >= 11 is 0. The molecule has 6 rings (SSSR count). The van der Waals surface area contributed by atoms with Crippen LogP contribution in [0, 0.1) is 5.82 Å². The van der Waals surface area contributed by atoms with Gasteiger partial charge in [0, 0.05) is 42.8 Å². The number of hydrogen-bond acceptors (Lipinski definition) is 5. The van der Waals surface area contributed by atoms with Crippen LogP contribution in [-0.4, -0.2) is 74.3 Å². The van der Waals surface area contributed by atoms with Crippen LogP contribution in [0.3, 0.4) is 0 Å². The third-order valence-corrected chi connectivity index (χ3v) is 7.86. The molecule has 1 saturated heterocycles. The van der Waals surface area contributed by atoms with Crippen molar-refractivity contribution in [1.29, 1.82) is 0 Å². The van der Waals surface area contributed by atoms with Gasteiger partial charge in [0.25, 0.3) is 0 Å². The van der Waals surface area contributed by atoms with Crippen molar-refractivity contribution in [3.05, 3.63) is 59.7 Å². The van der Waals surface area contributed by atoms with Gasteiger partial charge < -0.3 is 15.0 Å². The lowest BCUT2D eigenvalue weighted by molar-refractivity contribution is 0.123. The van der Waals surface area contributed by atoms with Gasteiger partial charge in [-0.2, -0.15) is 5.10 Å². The Balaban J connectivity index is 1.28. The number of likely N-dealkylation sites (tertiary alicyclic amines) is 1. The first-order valence-corrected chi connectivity index (χ1v) is 13.2. The van der Waals surface area contributed by atoms with Crippen molar-refractivity contribution in [2.24, 2.45) is 0 Å². The Kier molecular flexibility index (Phi) is 6.30. The first-order chi connectivity index (χ1) is 18.0. The van der Waals surface area contributed by atoms with Crippen LogP contribution in [0.4, 0.5) is 4.39 Å². The van der Waals surface area contributed by atoms with Crippen molar-refractivity contribution in [1.82, 2.24) is 30.0 Å². The number of nitrogens with zero attached hydrogens (tertiary/aromatic N) is 4. The number of benzene rings is 2. The van der Waals surface area contributed by atoms with Gasteiger partial charge in [0.15, 0.2) is 11.6 Å². The van der Waals surface area contributed by atoms with E-state index in [1.807, 2.05) is 19.2 Å². The standard InChI is InChI=1S/C29H33FN6O/c1-3-18-14-21(37)8-9-22(18)23-10-11-24-27(26(23)30)33-34-28(24)29-31-15-25(32-29)19-6-4-13-36(16-19)20-7-5-12-35(2)17-20/h6,8-11,14-15,20,37H,3-5,7,12-13,16-17H2,1-2H3,(H,31,32)(H,33,34). The van der Waals surface area contributed by atoms with Gasteiger partial charge in [-0.3, -0.25) is 10.00 Å². The minimum absolute atomic E-state index is 0.182. The number of rotatable bonds is 5. The lowest BCUT2D eigenvalue weighted by Crippen LogP contribution is -2.48. The number of phenolic OH excluding ortho intramolecular Hbond substituents is 1. The normalized spacial score (nSPS) is 19.4. The highest BCUT2D eigenvalue weighted by atomic mass is 19.1. The van der Waals surface area contributed by atoms with Crippen LogP contribution in [0.15, 0.2) is 42.6 Å². The number of H-pyrrole nitrogens is 2. The summed E-state index contributed by atoms with van der Waals surface area (Å²) in [7, 11) is 2.21. The summed E-state index contributed by atoms with van der Waals surface area (Å²) in [6.45, 7) is 6.28. The molecule has 8 heteroatoms. The molecular formula is C29H33FN6O. The number of aromatic hydroxyl groups is 1. The fourth-order valence-electron chi connectivity index (χ4n) is 5.89. The van der Waals surface area contributed by atoms with Gasteiger partial charge in [-0.15, -0.1) is 0 Å². The molecule has 0 aliphatic carbocycles. The molecule has 0 bridgehead atoms. The fraction of sp³-hybridized carbons (Fsp3) is 0.379. The Morgan fingerprint density at radius 2 is 2.03 bits per heavy atom. The van der Waals surface area contributed by atoms with E-state index in [1.54, 1.807) is 24.3 Å². The number of imidazole rings is 1. The Morgan fingerprint density at radius 3 is 2.86 bits per heavy atom. The van der Waals surface area contributed by atoms with E-state index >= 15 is 4.39 Å².